The predicted octanol–water partition coefficient (Wildman–Crippen LogP) is 4.42. The molecule has 0 spiro atoms. The molecule has 2 aromatic heterocycles. The summed E-state index contributed by atoms with van der Waals surface area (Å²) >= 11 is 0. The van der Waals surface area contributed by atoms with Gasteiger partial charge in [0.25, 0.3) is 0 Å². The van der Waals surface area contributed by atoms with Crippen molar-refractivity contribution < 1.29 is 4.79 Å². The number of imidazole rings is 1. The third-order valence-electron chi connectivity index (χ3n) is 7.12. The zero-order valence-electron chi connectivity index (χ0n) is 20.1. The van der Waals surface area contributed by atoms with Gasteiger partial charge in [0.15, 0.2) is 5.82 Å². The van der Waals surface area contributed by atoms with Gasteiger partial charge >= 0.3 is 0 Å². The third kappa shape index (κ3) is 3.98. The Bertz CT molecular complexity index is 1660. The zero-order valence-corrected chi connectivity index (χ0v) is 20.1. The molecule has 3 aromatic carbocycles. The Morgan fingerprint density at radius 1 is 0.919 bits per heavy atom. The molecule has 37 heavy (non-hydrogen) atoms. The van der Waals surface area contributed by atoms with E-state index in [-0.39, 0.29) is 5.91 Å². The van der Waals surface area contributed by atoms with Gasteiger partial charge in [-0.1, -0.05) is 54.6 Å². The average Bonchev–Trinajstić information content (AvgIpc) is 3.51. The van der Waals surface area contributed by atoms with E-state index in [1.54, 1.807) is 0 Å². The minimum Gasteiger partial charge on any atom is -0.323 e. The SMILES string of the molecule is O=C1CCC(c2ccc3nc(C4CC4)n(Cc4ccccc4-c4ccccc4-c4nnn[nH]4)c3c2)=NN1. The topological polar surface area (TPSA) is 114 Å². The van der Waals surface area contributed by atoms with Gasteiger partial charge in [0, 0.05) is 30.9 Å². The summed E-state index contributed by atoms with van der Waals surface area (Å²) in [5.74, 6) is 2.22. The van der Waals surface area contributed by atoms with Crippen molar-refractivity contribution in [1.29, 1.82) is 0 Å². The molecule has 2 aliphatic rings. The molecule has 2 N–H and O–H groups in total. The summed E-state index contributed by atoms with van der Waals surface area (Å²) in [5, 5.41) is 18.9. The lowest BCUT2D eigenvalue weighted by atomic mass is 9.95. The second kappa shape index (κ2) is 8.77. The number of carbonyl (C=O) groups excluding carboxylic acids is 1. The molecule has 0 unspecified atom stereocenters. The minimum absolute atomic E-state index is 0.0381. The Morgan fingerprint density at radius 2 is 1.73 bits per heavy atom. The molecule has 0 radical (unpaired) electrons. The molecule has 9 heteroatoms. The van der Waals surface area contributed by atoms with Crippen molar-refractivity contribution in [2.75, 3.05) is 0 Å². The summed E-state index contributed by atoms with van der Waals surface area (Å²) in [6, 6.07) is 23.0. The van der Waals surface area contributed by atoms with Gasteiger partial charge < -0.3 is 4.57 Å². The second-order valence-electron chi connectivity index (χ2n) is 9.58. The largest absolute Gasteiger partial charge is 0.323 e. The maximum absolute atomic E-state index is 11.6. The van der Waals surface area contributed by atoms with Gasteiger partial charge in [0.2, 0.25) is 5.91 Å². The summed E-state index contributed by atoms with van der Waals surface area (Å²) in [5.41, 5.74) is 11.0. The van der Waals surface area contributed by atoms with Crippen LogP contribution >= 0.6 is 0 Å². The van der Waals surface area contributed by atoms with Gasteiger partial charge in [-0.25, -0.2) is 15.5 Å². The normalized spacial score (nSPS) is 15.6. The van der Waals surface area contributed by atoms with Crippen molar-refractivity contribution in [3.63, 3.8) is 0 Å². The number of carbonyl (C=O) groups is 1. The molecule has 3 heterocycles. The lowest BCUT2D eigenvalue weighted by molar-refractivity contribution is -0.121. The number of hydrazone groups is 1. The van der Waals surface area contributed by atoms with Crippen LogP contribution in [0.3, 0.4) is 0 Å². The molecule has 9 nitrogen and oxygen atoms in total. The number of rotatable bonds is 6. The lowest BCUT2D eigenvalue weighted by Gasteiger charge is -2.16. The van der Waals surface area contributed by atoms with E-state index in [4.69, 9.17) is 4.98 Å². The molecule has 1 aliphatic heterocycles. The number of benzene rings is 3. The van der Waals surface area contributed by atoms with Gasteiger partial charge in [0.05, 0.1) is 16.7 Å². The summed E-state index contributed by atoms with van der Waals surface area (Å²) in [7, 11) is 0. The van der Waals surface area contributed by atoms with Crippen LogP contribution in [-0.4, -0.2) is 41.8 Å². The van der Waals surface area contributed by atoms with E-state index in [1.165, 1.54) is 5.56 Å². The maximum atomic E-state index is 11.6. The van der Waals surface area contributed by atoms with Gasteiger partial charge in [-0.3, -0.25) is 4.79 Å². The van der Waals surface area contributed by atoms with Gasteiger partial charge in [-0.2, -0.15) is 5.10 Å². The molecule has 1 amide bonds. The maximum Gasteiger partial charge on any atom is 0.240 e. The van der Waals surface area contributed by atoms with Crippen molar-refractivity contribution in [3.8, 4) is 22.5 Å². The number of tetrazole rings is 1. The first-order chi connectivity index (χ1) is 18.2. The van der Waals surface area contributed by atoms with Crippen LogP contribution in [0.5, 0.6) is 0 Å². The van der Waals surface area contributed by atoms with Crippen LogP contribution in [0.25, 0.3) is 33.5 Å². The molecular weight excluding hydrogens is 464 g/mol. The first kappa shape index (κ1) is 21.6. The molecule has 0 bridgehead atoms. The first-order valence-corrected chi connectivity index (χ1v) is 12.5. The van der Waals surface area contributed by atoms with Gasteiger partial charge in [-0.15, -0.1) is 5.10 Å². The molecule has 0 atom stereocenters. The first-order valence-electron chi connectivity index (χ1n) is 12.5. The Kier molecular flexibility index (Phi) is 5.12. The van der Waals surface area contributed by atoms with Crippen molar-refractivity contribution in [2.45, 2.75) is 38.1 Å². The highest BCUT2D eigenvalue weighted by molar-refractivity contribution is 6.05. The van der Waals surface area contributed by atoms with Crippen molar-refractivity contribution in [1.82, 2.24) is 35.6 Å². The van der Waals surface area contributed by atoms with Crippen LogP contribution in [-0.2, 0) is 11.3 Å². The Labute approximate surface area is 212 Å². The number of hydrogen-bond acceptors (Lipinski definition) is 6. The van der Waals surface area contributed by atoms with E-state index in [2.05, 4.69) is 84.2 Å². The summed E-state index contributed by atoms with van der Waals surface area (Å²) in [6.45, 7) is 0.689. The van der Waals surface area contributed by atoms with Crippen molar-refractivity contribution in [3.05, 3.63) is 83.7 Å². The van der Waals surface area contributed by atoms with Gasteiger partial charge in [0.1, 0.15) is 5.82 Å². The summed E-state index contributed by atoms with van der Waals surface area (Å²) < 4.78 is 2.36. The highest BCUT2D eigenvalue weighted by atomic mass is 16.2. The van der Waals surface area contributed by atoms with E-state index in [0.717, 1.165) is 57.7 Å². The van der Waals surface area contributed by atoms with Crippen LogP contribution in [0.1, 0.15) is 48.6 Å². The number of nitrogens with one attached hydrogen (secondary N) is 2. The Morgan fingerprint density at radius 3 is 2.49 bits per heavy atom. The average molecular weight is 489 g/mol. The molecular formula is C28H24N8O. The molecule has 1 saturated carbocycles. The van der Waals surface area contributed by atoms with Crippen LogP contribution in [0.2, 0.25) is 0 Å². The van der Waals surface area contributed by atoms with Crippen LogP contribution in [0.15, 0.2) is 71.8 Å². The molecule has 7 rings (SSSR count). The van der Waals surface area contributed by atoms with E-state index in [1.807, 2.05) is 18.2 Å². The monoisotopic (exact) mass is 488 g/mol. The highest BCUT2D eigenvalue weighted by Gasteiger charge is 2.30. The number of nitrogens with zero attached hydrogens (tertiary/aromatic N) is 6. The fourth-order valence-corrected chi connectivity index (χ4v) is 5.11. The number of fused-ring (bicyclic) bond motifs is 1. The number of aromatic nitrogens is 6. The number of aromatic amines is 1. The third-order valence-corrected chi connectivity index (χ3v) is 7.12. The smallest absolute Gasteiger partial charge is 0.240 e. The predicted molar refractivity (Wildman–Crippen MR) is 140 cm³/mol. The lowest BCUT2D eigenvalue weighted by Crippen LogP contribution is -2.25. The second-order valence-corrected chi connectivity index (χ2v) is 9.58. The Hall–Kier alpha value is -4.66. The van der Waals surface area contributed by atoms with E-state index in [9.17, 15) is 4.79 Å². The van der Waals surface area contributed by atoms with Crippen LogP contribution in [0, 0.1) is 0 Å². The molecule has 182 valence electrons. The highest BCUT2D eigenvalue weighted by Crippen LogP contribution is 2.42. The fourth-order valence-electron chi connectivity index (χ4n) is 5.11. The van der Waals surface area contributed by atoms with Crippen LogP contribution in [0.4, 0.5) is 0 Å². The number of amides is 1. The molecule has 1 aliphatic carbocycles. The quantitative estimate of drug-likeness (QED) is 0.367. The Balaban J connectivity index is 1.34. The van der Waals surface area contributed by atoms with Crippen molar-refractivity contribution in [2.24, 2.45) is 5.10 Å². The van der Waals surface area contributed by atoms with Gasteiger partial charge in [-0.05, 0) is 57.7 Å². The summed E-state index contributed by atoms with van der Waals surface area (Å²) in [6.07, 6.45) is 3.42. The fraction of sp³-hybridized carbons (Fsp3) is 0.214. The minimum atomic E-state index is -0.0381. The molecule has 1 fully saturated rings. The van der Waals surface area contributed by atoms with E-state index in [0.29, 0.717) is 31.1 Å². The van der Waals surface area contributed by atoms with E-state index < -0.39 is 0 Å². The van der Waals surface area contributed by atoms with Crippen molar-refractivity contribution >= 4 is 22.7 Å². The summed E-state index contributed by atoms with van der Waals surface area (Å²) in [4.78, 5) is 16.6. The molecule has 0 saturated heterocycles. The van der Waals surface area contributed by atoms with E-state index >= 15 is 0 Å². The number of H-pyrrole nitrogens is 1. The standard InChI is InChI=1S/C28H24N8O/c37-26-14-13-23(30-31-26)18-11-12-24-25(15-18)36(28(29-24)17-9-10-17)16-19-5-1-2-6-20(19)21-7-3-4-8-22(21)27-32-34-35-33-27/h1-8,11-12,15,17H,9-10,13-14,16H2,(H,31,37)(H,32,33,34,35). The molecule has 5 aromatic rings. The zero-order chi connectivity index (χ0) is 24.8. The van der Waals surface area contributed by atoms with Crippen LogP contribution < -0.4 is 5.43 Å². The number of hydrogen-bond donors (Lipinski definition) is 2.